The number of benzene rings is 1. The molecule has 0 saturated heterocycles. The molecule has 1 aromatic heterocycles. The van der Waals surface area contributed by atoms with Gasteiger partial charge in [-0.2, -0.15) is 18.4 Å². The number of nitrogens with zero attached hydrogens (tertiary/aromatic N) is 2. The molecule has 178 valence electrons. The Kier molecular flexibility index (Phi) is 6.34. The predicted octanol–water partition coefficient (Wildman–Crippen LogP) is 6.82. The maximum Gasteiger partial charge on any atom is 0.416 e. The molecule has 1 aliphatic heterocycles. The molecule has 4 nitrogen and oxygen atoms in total. The summed E-state index contributed by atoms with van der Waals surface area (Å²) in [6, 6.07) is 8.94. The van der Waals surface area contributed by atoms with Gasteiger partial charge in [0.05, 0.1) is 27.3 Å². The first-order valence-electron chi connectivity index (χ1n) is 10.8. The number of hydrogen-bond acceptors (Lipinski definition) is 6. The average molecular weight is 504 g/mol. The Morgan fingerprint density at radius 3 is 2.68 bits per heavy atom. The van der Waals surface area contributed by atoms with Gasteiger partial charge in [-0.05, 0) is 52.8 Å². The molecule has 0 bridgehead atoms. The SMILES string of the molecule is CCSc1sccc1C1C(C#N)=C(N)N(c2cccc(C(F)(F)F)c2)C2=C1C(=O)CC(C)(C)C2. The minimum Gasteiger partial charge on any atom is -0.384 e. The van der Waals surface area contributed by atoms with Gasteiger partial charge in [0, 0.05) is 23.4 Å². The highest BCUT2D eigenvalue weighted by Crippen LogP contribution is 2.52. The summed E-state index contributed by atoms with van der Waals surface area (Å²) in [6.07, 6.45) is -3.80. The molecule has 0 radical (unpaired) electrons. The van der Waals surface area contributed by atoms with Crippen LogP contribution in [0.15, 0.2) is 62.6 Å². The van der Waals surface area contributed by atoms with E-state index in [0.29, 0.717) is 17.7 Å². The van der Waals surface area contributed by atoms with Crippen molar-refractivity contribution >= 4 is 34.6 Å². The number of allylic oxidation sites excluding steroid dienone is 3. The van der Waals surface area contributed by atoms with E-state index in [1.54, 1.807) is 23.1 Å². The van der Waals surface area contributed by atoms with E-state index in [1.165, 1.54) is 17.0 Å². The summed E-state index contributed by atoms with van der Waals surface area (Å²) in [4.78, 5) is 15.0. The lowest BCUT2D eigenvalue weighted by Gasteiger charge is -2.43. The lowest BCUT2D eigenvalue weighted by atomic mass is 9.69. The van der Waals surface area contributed by atoms with E-state index in [4.69, 9.17) is 5.73 Å². The zero-order valence-corrected chi connectivity index (χ0v) is 20.6. The monoisotopic (exact) mass is 503 g/mol. The Hall–Kier alpha value is -2.70. The van der Waals surface area contributed by atoms with Gasteiger partial charge in [0.1, 0.15) is 5.82 Å². The van der Waals surface area contributed by atoms with Crippen LogP contribution in [-0.4, -0.2) is 11.5 Å². The highest BCUT2D eigenvalue weighted by molar-refractivity contribution is 8.01. The summed E-state index contributed by atoms with van der Waals surface area (Å²) in [5.74, 6) is 0.151. The van der Waals surface area contributed by atoms with Gasteiger partial charge in [0.25, 0.3) is 0 Å². The van der Waals surface area contributed by atoms with Crippen molar-refractivity contribution in [2.45, 2.75) is 49.9 Å². The predicted molar refractivity (Wildman–Crippen MR) is 129 cm³/mol. The van der Waals surface area contributed by atoms with Crippen molar-refractivity contribution in [3.8, 4) is 6.07 Å². The maximum atomic E-state index is 13.5. The van der Waals surface area contributed by atoms with Crippen LogP contribution in [-0.2, 0) is 11.0 Å². The van der Waals surface area contributed by atoms with Crippen LogP contribution in [0, 0.1) is 16.7 Å². The van der Waals surface area contributed by atoms with Crippen LogP contribution in [0.1, 0.15) is 50.7 Å². The molecule has 4 rings (SSSR count). The second-order valence-electron chi connectivity index (χ2n) is 9.12. The zero-order valence-electron chi connectivity index (χ0n) is 19.0. The Bertz CT molecular complexity index is 1250. The van der Waals surface area contributed by atoms with E-state index in [9.17, 15) is 23.2 Å². The first kappa shape index (κ1) is 24.4. The fourth-order valence-corrected chi connectivity index (χ4v) is 6.77. The van der Waals surface area contributed by atoms with Crippen LogP contribution in [0.5, 0.6) is 0 Å². The van der Waals surface area contributed by atoms with E-state index in [0.717, 1.165) is 27.7 Å². The number of nitrogens with two attached hydrogens (primary N) is 1. The highest BCUT2D eigenvalue weighted by Gasteiger charge is 2.45. The largest absolute Gasteiger partial charge is 0.416 e. The second-order valence-corrected chi connectivity index (χ2v) is 11.6. The Balaban J connectivity index is 1.99. The van der Waals surface area contributed by atoms with Gasteiger partial charge in [0.15, 0.2) is 5.78 Å². The van der Waals surface area contributed by atoms with Crippen LogP contribution in [0.3, 0.4) is 0 Å². The van der Waals surface area contributed by atoms with E-state index < -0.39 is 23.1 Å². The fraction of sp³-hybridized carbons (Fsp3) is 0.360. The number of rotatable bonds is 4. The molecule has 0 fully saturated rings. The van der Waals surface area contributed by atoms with Gasteiger partial charge in [-0.3, -0.25) is 9.69 Å². The van der Waals surface area contributed by atoms with Crippen LogP contribution >= 0.6 is 23.1 Å². The average Bonchev–Trinajstić information content (AvgIpc) is 3.19. The third kappa shape index (κ3) is 4.25. The molecule has 0 spiro atoms. The van der Waals surface area contributed by atoms with Crippen LogP contribution in [0.4, 0.5) is 18.9 Å². The molecule has 1 unspecified atom stereocenters. The van der Waals surface area contributed by atoms with E-state index in [2.05, 4.69) is 6.07 Å². The lowest BCUT2D eigenvalue weighted by molar-refractivity contribution is -0.137. The summed E-state index contributed by atoms with van der Waals surface area (Å²) in [6.45, 7) is 5.94. The third-order valence-corrected chi connectivity index (χ3v) is 8.21. The number of carbonyl (C=O) groups excluding carboxylic acids is 1. The maximum absolute atomic E-state index is 13.5. The topological polar surface area (TPSA) is 70.1 Å². The van der Waals surface area contributed by atoms with Crippen molar-refractivity contribution in [3.05, 3.63) is 69.5 Å². The van der Waals surface area contributed by atoms with E-state index in [-0.39, 0.29) is 29.3 Å². The van der Waals surface area contributed by atoms with Gasteiger partial charge < -0.3 is 5.73 Å². The van der Waals surface area contributed by atoms with Crippen LogP contribution < -0.4 is 10.6 Å². The molecule has 2 aliphatic rings. The molecule has 2 heterocycles. The number of ketones is 1. The summed E-state index contributed by atoms with van der Waals surface area (Å²) < 4.78 is 41.4. The number of hydrogen-bond donors (Lipinski definition) is 1. The summed E-state index contributed by atoms with van der Waals surface area (Å²) in [7, 11) is 0. The Labute approximate surface area is 204 Å². The van der Waals surface area contributed by atoms with Gasteiger partial charge in [-0.1, -0.05) is 26.8 Å². The third-order valence-electron chi connectivity index (χ3n) is 6.06. The Morgan fingerprint density at radius 1 is 1.29 bits per heavy atom. The number of nitriles is 1. The van der Waals surface area contributed by atoms with E-state index in [1.807, 2.05) is 32.2 Å². The van der Waals surface area contributed by atoms with Crippen LogP contribution in [0.2, 0.25) is 0 Å². The molecular weight excluding hydrogens is 479 g/mol. The number of thioether (sulfide) groups is 1. The molecule has 2 aromatic rings. The molecule has 34 heavy (non-hydrogen) atoms. The standard InChI is InChI=1S/C25H24F3N3OS2/c1-4-33-23-16(8-9-34-23)20-17(13-29)22(30)31(15-7-5-6-14(10-15)25(26,27)28)18-11-24(2,3)12-19(32)21(18)20/h5-10,20H,4,11-12,30H2,1-3H3. The van der Waals surface area contributed by atoms with Gasteiger partial charge >= 0.3 is 6.18 Å². The molecule has 2 N–H and O–H groups in total. The molecule has 1 aromatic carbocycles. The summed E-state index contributed by atoms with van der Waals surface area (Å²) >= 11 is 3.17. The van der Waals surface area contributed by atoms with Gasteiger partial charge in [0.2, 0.25) is 0 Å². The minimum absolute atomic E-state index is 0.0646. The molecule has 1 aliphatic carbocycles. The summed E-state index contributed by atoms with van der Waals surface area (Å²) in [5, 5.41) is 12.1. The molecule has 0 saturated carbocycles. The summed E-state index contributed by atoms with van der Waals surface area (Å²) in [5.41, 5.74) is 7.56. The van der Waals surface area contributed by atoms with Crippen LogP contribution in [0.25, 0.3) is 0 Å². The van der Waals surface area contributed by atoms with Crippen molar-refractivity contribution in [2.75, 3.05) is 10.7 Å². The number of anilines is 1. The number of Topliss-reactive ketones (excluding diaryl/α,β-unsaturated/α-hetero) is 1. The highest BCUT2D eigenvalue weighted by atomic mass is 32.2. The van der Waals surface area contributed by atoms with Crippen molar-refractivity contribution in [3.63, 3.8) is 0 Å². The zero-order chi connectivity index (χ0) is 24.8. The first-order chi connectivity index (χ1) is 16.0. The van der Waals surface area contributed by atoms with Gasteiger partial charge in [-0.25, -0.2) is 0 Å². The number of alkyl halides is 3. The second kappa shape index (κ2) is 8.82. The number of halogens is 3. The van der Waals surface area contributed by atoms with E-state index >= 15 is 0 Å². The Morgan fingerprint density at radius 2 is 2.03 bits per heavy atom. The first-order valence-corrected chi connectivity index (χ1v) is 12.7. The van der Waals surface area contributed by atoms with Gasteiger partial charge in [-0.15, -0.1) is 23.1 Å². The van der Waals surface area contributed by atoms with Crippen molar-refractivity contribution < 1.29 is 18.0 Å². The molecular formula is C25H24F3N3OS2. The van der Waals surface area contributed by atoms with Crippen molar-refractivity contribution in [1.82, 2.24) is 0 Å². The van der Waals surface area contributed by atoms with Crippen molar-refractivity contribution in [1.29, 1.82) is 5.26 Å². The fourth-order valence-electron chi connectivity index (χ4n) is 4.70. The normalized spacial score (nSPS) is 20.4. The van der Waals surface area contributed by atoms with Crippen molar-refractivity contribution in [2.24, 2.45) is 11.1 Å². The molecule has 1 atom stereocenters. The quantitative estimate of drug-likeness (QED) is 0.464. The molecule has 0 amide bonds. The number of thiophene rings is 1. The smallest absolute Gasteiger partial charge is 0.384 e. The minimum atomic E-state index is -4.54. The lowest BCUT2D eigenvalue weighted by Crippen LogP contribution is -2.42. The number of carbonyl (C=O) groups is 1. The molecule has 9 heteroatoms.